The number of allylic oxidation sites excluding steroid dienone is 1. The Kier molecular flexibility index (Phi) is 9.81. The van der Waals surface area contributed by atoms with E-state index in [1.54, 1.807) is 14.1 Å². The van der Waals surface area contributed by atoms with Crippen LogP contribution in [0.5, 0.6) is 0 Å². The van der Waals surface area contributed by atoms with Crippen LogP contribution in [-0.4, -0.2) is 73.7 Å². The van der Waals surface area contributed by atoms with Crippen LogP contribution in [0.2, 0.25) is 0 Å². The first kappa shape index (κ1) is 30.8. The summed E-state index contributed by atoms with van der Waals surface area (Å²) in [5.41, 5.74) is -1.19. The quantitative estimate of drug-likeness (QED) is 0.200. The maximum absolute atomic E-state index is 14.3. The monoisotopic (exact) mass is 581 g/mol. The second-order valence-corrected chi connectivity index (χ2v) is 9.13. The predicted molar refractivity (Wildman–Crippen MR) is 139 cm³/mol. The van der Waals surface area contributed by atoms with Gasteiger partial charge in [0.05, 0.1) is 24.0 Å². The van der Waals surface area contributed by atoms with Crippen LogP contribution >= 0.6 is 0 Å². The summed E-state index contributed by atoms with van der Waals surface area (Å²) in [6.07, 6.45) is -2.51. The summed E-state index contributed by atoms with van der Waals surface area (Å²) < 4.78 is 53.4. The molecule has 3 aromatic rings. The number of aromatic nitrogens is 4. The van der Waals surface area contributed by atoms with Gasteiger partial charge in [-0.05, 0) is 31.1 Å². The van der Waals surface area contributed by atoms with Crippen LogP contribution in [0.3, 0.4) is 0 Å². The number of halogens is 4. The zero-order valence-electron chi connectivity index (χ0n) is 22.0. The summed E-state index contributed by atoms with van der Waals surface area (Å²) in [5, 5.41) is 13.6. The van der Waals surface area contributed by atoms with E-state index in [2.05, 4.69) is 25.6 Å². The van der Waals surface area contributed by atoms with Crippen molar-refractivity contribution in [3.63, 3.8) is 0 Å². The summed E-state index contributed by atoms with van der Waals surface area (Å²) in [6, 6.07) is 1.47. The zero-order valence-corrected chi connectivity index (χ0v) is 22.0. The number of aryl methyl sites for hydroxylation is 1. The summed E-state index contributed by atoms with van der Waals surface area (Å²) in [5.74, 6) is -1.91. The Hall–Kier alpha value is -4.76. The molecule has 41 heavy (non-hydrogen) atoms. The van der Waals surface area contributed by atoms with E-state index >= 15 is 0 Å². The van der Waals surface area contributed by atoms with Crippen LogP contribution in [0.1, 0.15) is 30.8 Å². The average molecular weight is 582 g/mol. The highest BCUT2D eigenvalue weighted by Crippen LogP contribution is 2.25. The molecular weight excluding hydrogens is 554 g/mol. The summed E-state index contributed by atoms with van der Waals surface area (Å²) in [4.78, 5) is 60.5. The number of H-pyrrole nitrogens is 1. The molecule has 4 N–H and O–H groups in total. The molecule has 0 bridgehead atoms. The molecule has 3 heterocycles. The summed E-state index contributed by atoms with van der Waals surface area (Å²) in [7, 11) is 3.11. The van der Waals surface area contributed by atoms with Crippen molar-refractivity contribution in [2.24, 2.45) is 0 Å². The van der Waals surface area contributed by atoms with Gasteiger partial charge in [-0.25, -0.2) is 14.2 Å². The highest BCUT2D eigenvalue weighted by molar-refractivity contribution is 5.96. The molecular formula is C25H27F4N7O5. The molecule has 0 saturated carbocycles. The van der Waals surface area contributed by atoms with Crippen molar-refractivity contribution in [3.8, 4) is 0 Å². The molecule has 0 aliphatic rings. The topological polar surface area (TPSA) is 162 Å². The van der Waals surface area contributed by atoms with Gasteiger partial charge in [0.2, 0.25) is 11.8 Å². The molecule has 12 nitrogen and oxygen atoms in total. The van der Waals surface area contributed by atoms with Gasteiger partial charge in [0, 0.05) is 33.1 Å². The molecule has 3 aromatic heterocycles. The largest absolute Gasteiger partial charge is 0.465 e. The van der Waals surface area contributed by atoms with E-state index in [0.717, 1.165) is 10.8 Å². The van der Waals surface area contributed by atoms with E-state index in [1.165, 1.54) is 35.4 Å². The van der Waals surface area contributed by atoms with Crippen molar-refractivity contribution in [1.82, 2.24) is 29.7 Å². The second kappa shape index (κ2) is 13.1. The third-order valence-corrected chi connectivity index (χ3v) is 5.78. The SMILES string of the molecule is CN(C)C(=O)/C=C/CC[C@H](NC(=O)O)C(=O)Nc1cccn(Cc2nc3c(F)cnc(CCC(F)(F)F)c3[nH]2)c1=O. The summed E-state index contributed by atoms with van der Waals surface area (Å²) >= 11 is 0. The number of alkyl halides is 3. The first-order valence-corrected chi connectivity index (χ1v) is 12.2. The number of nitrogens with zero attached hydrogens (tertiary/aromatic N) is 4. The van der Waals surface area contributed by atoms with E-state index in [1.807, 2.05) is 0 Å². The first-order chi connectivity index (χ1) is 19.2. The molecule has 0 aliphatic heterocycles. The molecule has 3 amide bonds. The number of aromatic amines is 1. The molecule has 0 aromatic carbocycles. The lowest BCUT2D eigenvalue weighted by Crippen LogP contribution is -2.44. The molecule has 0 unspecified atom stereocenters. The van der Waals surface area contributed by atoms with Gasteiger partial charge in [-0.3, -0.25) is 19.4 Å². The van der Waals surface area contributed by atoms with Crippen molar-refractivity contribution >= 4 is 34.6 Å². The molecule has 0 aliphatic carbocycles. The van der Waals surface area contributed by atoms with Crippen molar-refractivity contribution in [2.45, 2.75) is 44.4 Å². The fourth-order valence-corrected chi connectivity index (χ4v) is 3.74. The molecule has 3 rings (SSSR count). The number of carboxylic acid groups (broad SMARTS) is 1. The number of imidazole rings is 1. The number of carbonyl (C=O) groups excluding carboxylic acids is 2. The fraction of sp³-hybridized carbons (Fsp3) is 0.360. The Bertz CT molecular complexity index is 1510. The number of amides is 3. The third-order valence-electron chi connectivity index (χ3n) is 5.78. The lowest BCUT2D eigenvalue weighted by atomic mass is 10.1. The second-order valence-electron chi connectivity index (χ2n) is 9.13. The van der Waals surface area contributed by atoms with Gasteiger partial charge in [0.1, 0.15) is 23.1 Å². The number of pyridine rings is 2. The van der Waals surface area contributed by atoms with Crippen molar-refractivity contribution in [2.75, 3.05) is 19.4 Å². The molecule has 0 radical (unpaired) electrons. The molecule has 0 spiro atoms. The highest BCUT2D eigenvalue weighted by atomic mass is 19.4. The number of likely N-dealkylation sites (N-methyl/N-ethyl adjacent to an activating group) is 1. The van der Waals surface area contributed by atoms with Crippen molar-refractivity contribution < 1.29 is 37.1 Å². The molecule has 220 valence electrons. The lowest BCUT2D eigenvalue weighted by molar-refractivity contribution is -0.134. The van der Waals surface area contributed by atoms with Gasteiger partial charge >= 0.3 is 12.3 Å². The molecule has 16 heteroatoms. The number of fused-ring (bicyclic) bond motifs is 1. The molecule has 0 fully saturated rings. The van der Waals surface area contributed by atoms with Crippen LogP contribution in [0.15, 0.2) is 41.5 Å². The molecule has 1 atom stereocenters. The van der Waals surface area contributed by atoms with Crippen molar-refractivity contribution in [3.05, 3.63) is 64.4 Å². The normalized spacial score (nSPS) is 12.4. The van der Waals surface area contributed by atoms with Crippen LogP contribution in [-0.2, 0) is 22.6 Å². The Morgan fingerprint density at radius 3 is 2.66 bits per heavy atom. The summed E-state index contributed by atoms with van der Waals surface area (Å²) in [6.45, 7) is -0.253. The minimum absolute atomic E-state index is 0.00831. The van der Waals surface area contributed by atoms with Gasteiger partial charge in [0.15, 0.2) is 5.82 Å². The zero-order chi connectivity index (χ0) is 30.3. The van der Waals surface area contributed by atoms with E-state index in [0.29, 0.717) is 0 Å². The minimum atomic E-state index is -4.44. The number of nitrogens with one attached hydrogen (secondary N) is 3. The van der Waals surface area contributed by atoms with Gasteiger partial charge in [0.25, 0.3) is 5.56 Å². The van der Waals surface area contributed by atoms with E-state index < -0.39 is 48.4 Å². The van der Waals surface area contributed by atoms with E-state index in [9.17, 15) is 36.7 Å². The van der Waals surface area contributed by atoms with Crippen LogP contribution in [0.4, 0.5) is 28.0 Å². The standard InChI is InChI=1S/C25H27F4N7O5/c1-35(2)19(37)8-4-3-6-16(32-24(40)41)22(38)31-17-7-5-11-36(23(17)39)13-18-33-20-14(26)12-30-15(21(20)34-18)9-10-25(27,28)29/h4-5,7-8,11-12,16,32H,3,6,9-10,13H2,1-2H3,(H,31,38)(H,33,34)(H,40,41)/b8-4+/t16-/m0/s1. The van der Waals surface area contributed by atoms with Crippen LogP contribution < -0.4 is 16.2 Å². The van der Waals surface area contributed by atoms with E-state index in [-0.39, 0.29) is 53.5 Å². The van der Waals surface area contributed by atoms with Crippen LogP contribution in [0.25, 0.3) is 11.0 Å². The number of anilines is 1. The van der Waals surface area contributed by atoms with Gasteiger partial charge in [-0.1, -0.05) is 6.08 Å². The number of hydrogen-bond acceptors (Lipinski definition) is 6. The third kappa shape index (κ3) is 8.61. The Morgan fingerprint density at radius 2 is 2.00 bits per heavy atom. The van der Waals surface area contributed by atoms with Gasteiger partial charge in [-0.2, -0.15) is 13.2 Å². The number of carbonyl (C=O) groups is 3. The fourth-order valence-electron chi connectivity index (χ4n) is 3.74. The molecule has 0 saturated heterocycles. The maximum atomic E-state index is 14.3. The Labute approximate surface area is 230 Å². The Morgan fingerprint density at radius 1 is 1.27 bits per heavy atom. The van der Waals surface area contributed by atoms with Gasteiger partial charge < -0.3 is 30.2 Å². The first-order valence-electron chi connectivity index (χ1n) is 12.2. The van der Waals surface area contributed by atoms with E-state index in [4.69, 9.17) is 5.11 Å². The number of rotatable bonds is 11. The predicted octanol–water partition coefficient (Wildman–Crippen LogP) is 2.80. The average Bonchev–Trinajstić information content (AvgIpc) is 3.31. The van der Waals surface area contributed by atoms with Gasteiger partial charge in [-0.15, -0.1) is 0 Å². The maximum Gasteiger partial charge on any atom is 0.405 e. The van der Waals surface area contributed by atoms with Crippen molar-refractivity contribution in [1.29, 1.82) is 0 Å². The smallest absolute Gasteiger partial charge is 0.405 e. The van der Waals surface area contributed by atoms with Crippen LogP contribution in [0, 0.1) is 5.82 Å². The Balaban J connectivity index is 1.77. The minimum Gasteiger partial charge on any atom is -0.465 e. The lowest BCUT2D eigenvalue weighted by Gasteiger charge is -2.16. The number of hydrogen-bond donors (Lipinski definition) is 4. The highest BCUT2D eigenvalue weighted by Gasteiger charge is 2.28.